The van der Waals surface area contributed by atoms with Crippen molar-refractivity contribution in [3.63, 3.8) is 0 Å². The van der Waals surface area contributed by atoms with E-state index in [1.807, 2.05) is 13.8 Å². The Hall–Kier alpha value is -1.56. The van der Waals surface area contributed by atoms with Crippen molar-refractivity contribution in [3.8, 4) is 0 Å². The molecule has 1 atom stereocenters. The molecule has 4 nitrogen and oxygen atoms in total. The fourth-order valence-electron chi connectivity index (χ4n) is 1.41. The lowest BCUT2D eigenvalue weighted by Crippen LogP contribution is -2.46. The quantitative estimate of drug-likeness (QED) is 0.738. The van der Waals surface area contributed by atoms with E-state index in [9.17, 15) is 14.0 Å². The molecule has 0 saturated heterocycles. The lowest BCUT2D eigenvalue weighted by Gasteiger charge is -2.16. The van der Waals surface area contributed by atoms with Gasteiger partial charge in [-0.1, -0.05) is 0 Å². The van der Waals surface area contributed by atoms with E-state index in [0.717, 1.165) is 6.07 Å². The number of benzene rings is 1. The van der Waals surface area contributed by atoms with Crippen LogP contribution in [0.4, 0.5) is 4.39 Å². The zero-order chi connectivity index (χ0) is 14.6. The molecule has 0 aliphatic rings. The highest BCUT2D eigenvalue weighted by atomic mass is 32.1. The molecule has 0 aromatic heterocycles. The van der Waals surface area contributed by atoms with Gasteiger partial charge in [0.25, 0.3) is 5.91 Å². The van der Waals surface area contributed by atoms with Gasteiger partial charge in [0.15, 0.2) is 0 Å². The molecule has 1 aromatic rings. The molecule has 0 radical (unpaired) electrons. The lowest BCUT2D eigenvalue weighted by atomic mass is 10.2. The Morgan fingerprint density at radius 1 is 1.21 bits per heavy atom. The summed E-state index contributed by atoms with van der Waals surface area (Å²) in [7, 11) is 0. The SMILES string of the molecule is CC(C)NC(=O)C(C)NC(=O)c1ccc(F)c(S)c1. The maximum Gasteiger partial charge on any atom is 0.251 e. The first-order chi connectivity index (χ1) is 8.81. The molecule has 0 saturated carbocycles. The maximum atomic E-state index is 13.0. The average molecular weight is 284 g/mol. The zero-order valence-corrected chi connectivity index (χ0v) is 11.9. The van der Waals surface area contributed by atoms with E-state index in [1.54, 1.807) is 6.92 Å². The van der Waals surface area contributed by atoms with Gasteiger partial charge < -0.3 is 10.6 Å². The summed E-state index contributed by atoms with van der Waals surface area (Å²) < 4.78 is 13.0. The molecule has 2 amide bonds. The number of thiol groups is 1. The number of halogens is 1. The minimum absolute atomic E-state index is 0.00159. The molecule has 2 N–H and O–H groups in total. The average Bonchev–Trinajstić information content (AvgIpc) is 2.31. The highest BCUT2D eigenvalue weighted by Crippen LogP contribution is 2.14. The number of nitrogens with one attached hydrogen (secondary N) is 2. The molecule has 0 spiro atoms. The van der Waals surface area contributed by atoms with Crippen LogP contribution >= 0.6 is 12.6 Å². The highest BCUT2D eigenvalue weighted by molar-refractivity contribution is 7.80. The lowest BCUT2D eigenvalue weighted by molar-refractivity contribution is -0.123. The molecule has 0 aliphatic heterocycles. The van der Waals surface area contributed by atoms with E-state index in [0.29, 0.717) is 0 Å². The first-order valence-corrected chi connectivity index (χ1v) is 6.35. The van der Waals surface area contributed by atoms with E-state index in [4.69, 9.17) is 0 Å². The summed E-state index contributed by atoms with van der Waals surface area (Å²) in [5.41, 5.74) is 0.260. The molecule has 1 aromatic carbocycles. The summed E-state index contributed by atoms with van der Waals surface area (Å²) in [6, 6.07) is 3.17. The summed E-state index contributed by atoms with van der Waals surface area (Å²) >= 11 is 3.90. The van der Waals surface area contributed by atoms with Crippen LogP contribution in [0, 0.1) is 5.82 Å². The third-order valence-corrected chi connectivity index (χ3v) is 2.72. The van der Waals surface area contributed by atoms with Crippen LogP contribution in [-0.4, -0.2) is 23.9 Å². The number of carbonyl (C=O) groups is 2. The van der Waals surface area contributed by atoms with Crippen LogP contribution in [0.3, 0.4) is 0 Å². The number of carbonyl (C=O) groups excluding carboxylic acids is 2. The summed E-state index contributed by atoms with van der Waals surface area (Å²) in [6.45, 7) is 5.25. The van der Waals surface area contributed by atoms with Crippen molar-refractivity contribution in [2.24, 2.45) is 0 Å². The largest absolute Gasteiger partial charge is 0.352 e. The normalized spacial score (nSPS) is 12.1. The summed E-state index contributed by atoms with van der Waals surface area (Å²) in [4.78, 5) is 23.6. The van der Waals surface area contributed by atoms with Crippen molar-refractivity contribution >= 4 is 24.4 Å². The standard InChI is InChI=1S/C13H17FN2O2S/c1-7(2)15-12(17)8(3)16-13(18)9-4-5-10(14)11(19)6-9/h4-8,19H,1-3H3,(H,15,17)(H,16,18). The molecule has 0 heterocycles. The van der Waals surface area contributed by atoms with Crippen LogP contribution in [-0.2, 0) is 4.79 Å². The number of hydrogen-bond donors (Lipinski definition) is 3. The van der Waals surface area contributed by atoms with E-state index in [1.165, 1.54) is 12.1 Å². The second-order valence-electron chi connectivity index (χ2n) is 4.52. The Labute approximate surface area is 117 Å². The van der Waals surface area contributed by atoms with Crippen molar-refractivity contribution in [1.82, 2.24) is 10.6 Å². The summed E-state index contributed by atoms with van der Waals surface area (Å²) in [6.07, 6.45) is 0. The minimum Gasteiger partial charge on any atom is -0.352 e. The zero-order valence-electron chi connectivity index (χ0n) is 11.0. The Kier molecular flexibility index (Phi) is 5.35. The van der Waals surface area contributed by atoms with E-state index < -0.39 is 17.8 Å². The number of rotatable bonds is 4. The number of hydrogen-bond acceptors (Lipinski definition) is 3. The van der Waals surface area contributed by atoms with Gasteiger partial charge >= 0.3 is 0 Å². The molecule has 104 valence electrons. The highest BCUT2D eigenvalue weighted by Gasteiger charge is 2.17. The first-order valence-electron chi connectivity index (χ1n) is 5.91. The van der Waals surface area contributed by atoms with Crippen LogP contribution < -0.4 is 10.6 Å². The molecule has 6 heteroatoms. The van der Waals surface area contributed by atoms with Gasteiger partial charge in [0.2, 0.25) is 5.91 Å². The van der Waals surface area contributed by atoms with Crippen LogP contribution in [0.25, 0.3) is 0 Å². The predicted molar refractivity (Wildman–Crippen MR) is 73.9 cm³/mol. The van der Waals surface area contributed by atoms with E-state index in [-0.39, 0.29) is 22.4 Å². The third kappa shape index (κ3) is 4.55. The molecule has 1 unspecified atom stereocenters. The molecule has 19 heavy (non-hydrogen) atoms. The summed E-state index contributed by atoms with van der Waals surface area (Å²) in [5.74, 6) is -1.20. The molecule has 0 aliphatic carbocycles. The molecular formula is C13H17FN2O2S. The topological polar surface area (TPSA) is 58.2 Å². The van der Waals surface area contributed by atoms with Gasteiger partial charge in [0.05, 0.1) is 0 Å². The van der Waals surface area contributed by atoms with Crippen LogP contribution in [0.15, 0.2) is 23.1 Å². The van der Waals surface area contributed by atoms with Crippen LogP contribution in [0.5, 0.6) is 0 Å². The van der Waals surface area contributed by atoms with Gasteiger partial charge in [-0.3, -0.25) is 9.59 Å². The molecule has 0 fully saturated rings. The van der Waals surface area contributed by atoms with E-state index >= 15 is 0 Å². The summed E-state index contributed by atoms with van der Waals surface area (Å²) in [5, 5.41) is 5.23. The second-order valence-corrected chi connectivity index (χ2v) is 5.01. The predicted octanol–water partition coefficient (Wildman–Crippen LogP) is 1.76. The number of amides is 2. The fraction of sp³-hybridized carbons (Fsp3) is 0.385. The Morgan fingerprint density at radius 3 is 2.37 bits per heavy atom. The van der Waals surface area contributed by atoms with Crippen molar-refractivity contribution in [1.29, 1.82) is 0 Å². The van der Waals surface area contributed by atoms with Gasteiger partial charge in [-0.15, -0.1) is 12.6 Å². The maximum absolute atomic E-state index is 13.0. The van der Waals surface area contributed by atoms with E-state index in [2.05, 4.69) is 23.3 Å². The van der Waals surface area contributed by atoms with Gasteiger partial charge in [0.1, 0.15) is 11.9 Å². The molecular weight excluding hydrogens is 267 g/mol. The first kappa shape index (κ1) is 15.5. The van der Waals surface area contributed by atoms with Crippen molar-refractivity contribution in [2.45, 2.75) is 37.8 Å². The fourth-order valence-corrected chi connectivity index (χ4v) is 1.62. The Balaban J connectivity index is 2.68. The van der Waals surface area contributed by atoms with Crippen molar-refractivity contribution in [2.75, 3.05) is 0 Å². The third-order valence-electron chi connectivity index (χ3n) is 2.38. The monoisotopic (exact) mass is 284 g/mol. The van der Waals surface area contributed by atoms with Crippen molar-refractivity contribution < 1.29 is 14.0 Å². The smallest absolute Gasteiger partial charge is 0.251 e. The molecule has 1 rings (SSSR count). The minimum atomic E-state index is -0.664. The Morgan fingerprint density at radius 2 is 1.84 bits per heavy atom. The second kappa shape index (κ2) is 6.56. The van der Waals surface area contributed by atoms with Gasteiger partial charge in [-0.2, -0.15) is 0 Å². The van der Waals surface area contributed by atoms with Gasteiger partial charge in [0, 0.05) is 16.5 Å². The van der Waals surface area contributed by atoms with Gasteiger partial charge in [-0.25, -0.2) is 4.39 Å². The molecule has 0 bridgehead atoms. The van der Waals surface area contributed by atoms with Crippen LogP contribution in [0.1, 0.15) is 31.1 Å². The van der Waals surface area contributed by atoms with Gasteiger partial charge in [-0.05, 0) is 39.0 Å². The van der Waals surface area contributed by atoms with Crippen molar-refractivity contribution in [3.05, 3.63) is 29.6 Å². The Bertz CT molecular complexity index is 492. The van der Waals surface area contributed by atoms with Crippen LogP contribution in [0.2, 0.25) is 0 Å².